The highest BCUT2D eigenvalue weighted by molar-refractivity contribution is 6.31. The van der Waals surface area contributed by atoms with Gasteiger partial charge in [0.2, 0.25) is 5.82 Å². The van der Waals surface area contributed by atoms with E-state index in [1.165, 1.54) is 12.1 Å². The van der Waals surface area contributed by atoms with Crippen molar-refractivity contribution in [1.29, 1.82) is 0 Å². The Morgan fingerprint density at radius 3 is 2.68 bits per heavy atom. The van der Waals surface area contributed by atoms with Crippen LogP contribution in [0.2, 0.25) is 10.2 Å². The van der Waals surface area contributed by atoms with Crippen molar-refractivity contribution in [3.63, 3.8) is 0 Å². The minimum Gasteiger partial charge on any atom is -0.334 e. The molecule has 0 amide bonds. The largest absolute Gasteiger partial charge is 0.334 e. The first-order valence-electron chi connectivity index (χ1n) is 5.31. The summed E-state index contributed by atoms with van der Waals surface area (Å²) >= 11 is 11.7. The van der Waals surface area contributed by atoms with Crippen LogP contribution in [0.4, 0.5) is 17.2 Å². The van der Waals surface area contributed by atoms with E-state index in [1.807, 2.05) is 6.92 Å². The van der Waals surface area contributed by atoms with Crippen molar-refractivity contribution in [2.75, 3.05) is 5.32 Å². The fraction of sp³-hybridized carbons (Fsp3) is 0.0833. The summed E-state index contributed by atoms with van der Waals surface area (Å²) < 4.78 is 0. The van der Waals surface area contributed by atoms with Crippen LogP contribution in [0.1, 0.15) is 5.56 Å². The van der Waals surface area contributed by atoms with Gasteiger partial charge in [0.15, 0.2) is 0 Å². The number of nitrogens with one attached hydrogen (secondary N) is 1. The number of hydrogen-bond acceptors (Lipinski definition) is 4. The van der Waals surface area contributed by atoms with Gasteiger partial charge in [0.05, 0.1) is 4.92 Å². The lowest BCUT2D eigenvalue weighted by molar-refractivity contribution is -0.384. The highest BCUT2D eigenvalue weighted by Gasteiger charge is 2.16. The topological polar surface area (TPSA) is 68.1 Å². The van der Waals surface area contributed by atoms with Crippen LogP contribution in [-0.4, -0.2) is 9.91 Å². The average molecular weight is 298 g/mol. The molecule has 2 rings (SSSR count). The lowest BCUT2D eigenvalue weighted by Gasteiger charge is -2.09. The number of halogens is 2. The van der Waals surface area contributed by atoms with E-state index in [0.717, 1.165) is 5.56 Å². The summed E-state index contributed by atoms with van der Waals surface area (Å²) in [5, 5.41) is 14.5. The van der Waals surface area contributed by atoms with Crippen LogP contribution in [0.15, 0.2) is 30.3 Å². The molecule has 0 aliphatic heterocycles. The number of hydrogen-bond donors (Lipinski definition) is 1. The maximum absolute atomic E-state index is 10.9. The van der Waals surface area contributed by atoms with Gasteiger partial charge in [-0.25, -0.2) is 4.98 Å². The second-order valence-electron chi connectivity index (χ2n) is 3.84. The van der Waals surface area contributed by atoms with Crippen LogP contribution in [0.3, 0.4) is 0 Å². The molecule has 0 saturated carbocycles. The van der Waals surface area contributed by atoms with Crippen LogP contribution in [-0.2, 0) is 0 Å². The summed E-state index contributed by atoms with van der Waals surface area (Å²) in [4.78, 5) is 14.3. The van der Waals surface area contributed by atoms with Gasteiger partial charge >= 0.3 is 5.69 Å². The highest BCUT2D eigenvalue weighted by atomic mass is 35.5. The maximum Gasteiger partial charge on any atom is 0.311 e. The molecule has 1 heterocycles. The molecule has 19 heavy (non-hydrogen) atoms. The maximum atomic E-state index is 10.9. The van der Waals surface area contributed by atoms with Gasteiger partial charge in [0.25, 0.3) is 0 Å². The summed E-state index contributed by atoms with van der Waals surface area (Å²) in [5.41, 5.74) is 1.38. The zero-order chi connectivity index (χ0) is 14.0. The Labute approximate surface area is 119 Å². The van der Waals surface area contributed by atoms with Gasteiger partial charge in [-0.3, -0.25) is 10.1 Å². The molecule has 0 aliphatic carbocycles. The monoisotopic (exact) mass is 297 g/mol. The fourth-order valence-corrected chi connectivity index (χ4v) is 1.84. The van der Waals surface area contributed by atoms with Gasteiger partial charge in [-0.15, -0.1) is 0 Å². The standard InChI is InChI=1S/C12H9Cl2N3O2/c1-7-2-3-8(13)6-9(7)15-12-10(17(18)19)4-5-11(14)16-12/h2-6H,1H3,(H,15,16). The molecule has 0 fully saturated rings. The fourth-order valence-electron chi connectivity index (χ4n) is 1.52. The van der Waals surface area contributed by atoms with E-state index in [9.17, 15) is 10.1 Å². The van der Waals surface area contributed by atoms with E-state index in [2.05, 4.69) is 10.3 Å². The Morgan fingerprint density at radius 1 is 1.26 bits per heavy atom. The molecule has 0 spiro atoms. The summed E-state index contributed by atoms with van der Waals surface area (Å²) in [6.07, 6.45) is 0. The first-order valence-corrected chi connectivity index (χ1v) is 6.07. The van der Waals surface area contributed by atoms with Crippen molar-refractivity contribution < 1.29 is 4.92 Å². The zero-order valence-corrected chi connectivity index (χ0v) is 11.4. The van der Waals surface area contributed by atoms with Crippen molar-refractivity contribution in [3.8, 4) is 0 Å². The molecule has 0 bridgehead atoms. The third-order valence-corrected chi connectivity index (χ3v) is 2.93. The molecule has 1 N–H and O–H groups in total. The van der Waals surface area contributed by atoms with Gasteiger partial charge in [-0.2, -0.15) is 0 Å². The van der Waals surface area contributed by atoms with Crippen LogP contribution in [0.5, 0.6) is 0 Å². The number of rotatable bonds is 3. The Balaban J connectivity index is 2.45. The molecule has 1 aromatic heterocycles. The van der Waals surface area contributed by atoms with Crippen molar-refractivity contribution in [2.45, 2.75) is 6.92 Å². The van der Waals surface area contributed by atoms with Crippen molar-refractivity contribution in [1.82, 2.24) is 4.98 Å². The first-order chi connectivity index (χ1) is 8.97. The second-order valence-corrected chi connectivity index (χ2v) is 4.67. The van der Waals surface area contributed by atoms with Crippen molar-refractivity contribution in [3.05, 3.63) is 56.2 Å². The third kappa shape index (κ3) is 3.13. The molecule has 7 heteroatoms. The van der Waals surface area contributed by atoms with Crippen molar-refractivity contribution in [2.24, 2.45) is 0 Å². The minimum absolute atomic E-state index is 0.0860. The predicted octanol–water partition coefficient (Wildman–Crippen LogP) is 4.35. The highest BCUT2D eigenvalue weighted by Crippen LogP contribution is 2.29. The number of nitro groups is 1. The van der Waals surface area contributed by atoms with Crippen LogP contribution in [0, 0.1) is 17.0 Å². The zero-order valence-electron chi connectivity index (χ0n) is 9.85. The Hall–Kier alpha value is -1.85. The molecule has 2 aromatic rings. The van der Waals surface area contributed by atoms with Gasteiger partial charge in [0, 0.05) is 16.8 Å². The van der Waals surface area contributed by atoms with E-state index < -0.39 is 4.92 Å². The Kier molecular flexibility index (Phi) is 3.87. The lowest BCUT2D eigenvalue weighted by atomic mass is 10.2. The van der Waals surface area contributed by atoms with Crippen LogP contribution >= 0.6 is 23.2 Å². The Morgan fingerprint density at radius 2 is 2.00 bits per heavy atom. The summed E-state index contributed by atoms with van der Waals surface area (Å²) in [7, 11) is 0. The normalized spacial score (nSPS) is 10.3. The molecule has 0 unspecified atom stereocenters. The number of benzene rings is 1. The first kappa shape index (κ1) is 13.6. The summed E-state index contributed by atoms with van der Waals surface area (Å²) in [5.74, 6) is 0.0860. The molecule has 0 aliphatic rings. The molecular weight excluding hydrogens is 289 g/mol. The van der Waals surface area contributed by atoms with Crippen LogP contribution < -0.4 is 5.32 Å². The molecule has 98 valence electrons. The average Bonchev–Trinajstić information content (AvgIpc) is 2.33. The SMILES string of the molecule is Cc1ccc(Cl)cc1Nc1nc(Cl)ccc1[N+](=O)[O-]. The second kappa shape index (κ2) is 5.42. The smallest absolute Gasteiger partial charge is 0.311 e. The molecule has 1 aromatic carbocycles. The quantitative estimate of drug-likeness (QED) is 0.519. The van der Waals surface area contributed by atoms with E-state index >= 15 is 0 Å². The van der Waals surface area contributed by atoms with Gasteiger partial charge in [0.1, 0.15) is 5.15 Å². The van der Waals surface area contributed by atoms with Gasteiger partial charge in [-0.1, -0.05) is 29.3 Å². The Bertz CT molecular complexity index is 647. The molecular formula is C12H9Cl2N3O2. The summed E-state index contributed by atoms with van der Waals surface area (Å²) in [6, 6.07) is 7.89. The number of aromatic nitrogens is 1. The van der Waals surface area contributed by atoms with Gasteiger partial charge in [-0.05, 0) is 30.7 Å². The molecule has 0 radical (unpaired) electrons. The van der Waals surface area contributed by atoms with Gasteiger partial charge < -0.3 is 5.32 Å². The number of nitrogens with zero attached hydrogens (tertiary/aromatic N) is 2. The molecule has 5 nitrogen and oxygen atoms in total. The summed E-state index contributed by atoms with van der Waals surface area (Å²) in [6.45, 7) is 1.86. The third-order valence-electron chi connectivity index (χ3n) is 2.49. The van der Waals surface area contributed by atoms with Crippen LogP contribution in [0.25, 0.3) is 0 Å². The lowest BCUT2D eigenvalue weighted by Crippen LogP contribution is -2.01. The van der Waals surface area contributed by atoms with E-state index in [1.54, 1.807) is 18.2 Å². The molecule has 0 atom stereocenters. The number of anilines is 2. The molecule has 0 saturated heterocycles. The van der Waals surface area contributed by atoms with E-state index in [-0.39, 0.29) is 16.7 Å². The van der Waals surface area contributed by atoms with E-state index in [4.69, 9.17) is 23.2 Å². The van der Waals surface area contributed by atoms with E-state index in [0.29, 0.717) is 10.7 Å². The minimum atomic E-state index is -0.522. The number of pyridine rings is 1. The number of aryl methyl sites for hydroxylation is 1. The van der Waals surface area contributed by atoms with Crippen molar-refractivity contribution >= 4 is 40.4 Å². The predicted molar refractivity (Wildman–Crippen MR) is 75.4 cm³/mol.